The number of aliphatic imine (C=N–C) groups is 1. The summed E-state index contributed by atoms with van der Waals surface area (Å²) >= 11 is 0. The van der Waals surface area contributed by atoms with Crippen LogP contribution in [0.15, 0.2) is 29.3 Å². The van der Waals surface area contributed by atoms with Crippen LogP contribution in [-0.4, -0.2) is 19.0 Å². The van der Waals surface area contributed by atoms with Gasteiger partial charge in [-0.2, -0.15) is 0 Å². The van der Waals surface area contributed by atoms with Crippen LogP contribution in [0.5, 0.6) is 0 Å². The smallest absolute Gasteiger partial charge is 0.188 e. The summed E-state index contributed by atoms with van der Waals surface area (Å²) in [5, 5.41) is 3.08. The van der Waals surface area contributed by atoms with Crippen LogP contribution >= 0.6 is 0 Å². The van der Waals surface area contributed by atoms with Crippen molar-refractivity contribution in [1.82, 2.24) is 5.32 Å². The lowest BCUT2D eigenvalue weighted by atomic mass is 9.97. The maximum Gasteiger partial charge on any atom is 0.188 e. The number of nitrogens with zero attached hydrogens (tertiary/aromatic N) is 1. The molecule has 1 aromatic carbocycles. The Kier molecular flexibility index (Phi) is 2.39. The van der Waals surface area contributed by atoms with E-state index >= 15 is 0 Å². The first-order valence-electron chi connectivity index (χ1n) is 4.86. The molecule has 0 radical (unpaired) electrons. The predicted octanol–water partition coefficient (Wildman–Crippen LogP) is 0.997. The molecule has 0 amide bonds. The quantitative estimate of drug-likeness (QED) is 0.692. The first-order chi connectivity index (χ1) is 6.75. The van der Waals surface area contributed by atoms with Crippen LogP contribution in [0.1, 0.15) is 17.0 Å². The standard InChI is InChI=1S/C11H15N3/c1-8-3-2-4-9(5-8)10-6-13-11(12)14-7-10/h2-5,10H,6-7H2,1H3,(H3,12,13,14). The molecule has 3 nitrogen and oxygen atoms in total. The van der Waals surface area contributed by atoms with Gasteiger partial charge in [0.05, 0.1) is 6.54 Å². The van der Waals surface area contributed by atoms with Crippen LogP contribution in [0.4, 0.5) is 0 Å². The van der Waals surface area contributed by atoms with Gasteiger partial charge in [-0.1, -0.05) is 29.8 Å². The molecule has 0 saturated carbocycles. The minimum Gasteiger partial charge on any atom is -0.370 e. The van der Waals surface area contributed by atoms with Crippen LogP contribution in [0.25, 0.3) is 0 Å². The summed E-state index contributed by atoms with van der Waals surface area (Å²) in [7, 11) is 0. The van der Waals surface area contributed by atoms with Gasteiger partial charge in [-0.15, -0.1) is 0 Å². The van der Waals surface area contributed by atoms with Crippen molar-refractivity contribution >= 4 is 5.96 Å². The lowest BCUT2D eigenvalue weighted by Gasteiger charge is -2.21. The number of guanidine groups is 1. The molecule has 74 valence electrons. The Labute approximate surface area is 84.0 Å². The predicted molar refractivity (Wildman–Crippen MR) is 58.4 cm³/mol. The number of hydrogen-bond acceptors (Lipinski definition) is 3. The first-order valence-corrected chi connectivity index (χ1v) is 4.86. The number of aryl methyl sites for hydroxylation is 1. The van der Waals surface area contributed by atoms with Crippen LogP contribution in [-0.2, 0) is 0 Å². The van der Waals surface area contributed by atoms with E-state index in [1.807, 2.05) is 0 Å². The van der Waals surface area contributed by atoms with Crippen molar-refractivity contribution in [1.29, 1.82) is 0 Å². The SMILES string of the molecule is Cc1cccc(C2CN=C(N)NC2)c1. The summed E-state index contributed by atoms with van der Waals surface area (Å²) in [4.78, 5) is 4.20. The van der Waals surface area contributed by atoms with Gasteiger partial charge in [0.1, 0.15) is 0 Å². The van der Waals surface area contributed by atoms with Crippen molar-refractivity contribution in [2.45, 2.75) is 12.8 Å². The second-order valence-corrected chi connectivity index (χ2v) is 3.72. The highest BCUT2D eigenvalue weighted by Gasteiger charge is 2.15. The van der Waals surface area contributed by atoms with Gasteiger partial charge in [-0.25, -0.2) is 0 Å². The highest BCUT2D eigenvalue weighted by molar-refractivity contribution is 5.78. The minimum atomic E-state index is 0.460. The maximum atomic E-state index is 5.54. The summed E-state index contributed by atoms with van der Waals surface area (Å²) in [5.41, 5.74) is 8.18. The number of benzene rings is 1. The van der Waals surface area contributed by atoms with E-state index in [9.17, 15) is 0 Å². The van der Waals surface area contributed by atoms with Crippen molar-refractivity contribution in [2.75, 3.05) is 13.1 Å². The Hall–Kier alpha value is -1.51. The van der Waals surface area contributed by atoms with Crippen LogP contribution in [0.3, 0.4) is 0 Å². The second-order valence-electron chi connectivity index (χ2n) is 3.72. The molecule has 0 saturated heterocycles. The Morgan fingerprint density at radius 3 is 3.00 bits per heavy atom. The van der Waals surface area contributed by atoms with Gasteiger partial charge >= 0.3 is 0 Å². The third-order valence-electron chi connectivity index (χ3n) is 2.53. The van der Waals surface area contributed by atoms with Crippen molar-refractivity contribution in [3.05, 3.63) is 35.4 Å². The van der Waals surface area contributed by atoms with Gasteiger partial charge < -0.3 is 11.1 Å². The van der Waals surface area contributed by atoms with E-state index in [0.29, 0.717) is 11.9 Å². The van der Waals surface area contributed by atoms with E-state index in [2.05, 4.69) is 41.5 Å². The van der Waals surface area contributed by atoms with Gasteiger partial charge in [0, 0.05) is 12.5 Å². The van der Waals surface area contributed by atoms with Crippen LogP contribution in [0, 0.1) is 6.92 Å². The van der Waals surface area contributed by atoms with Crippen molar-refractivity contribution in [3.8, 4) is 0 Å². The third kappa shape index (κ3) is 1.87. The van der Waals surface area contributed by atoms with Crippen molar-refractivity contribution < 1.29 is 0 Å². The van der Waals surface area contributed by atoms with Gasteiger partial charge in [0.2, 0.25) is 0 Å². The van der Waals surface area contributed by atoms with Gasteiger partial charge in [0.25, 0.3) is 0 Å². The molecule has 0 aliphatic carbocycles. The van der Waals surface area contributed by atoms with E-state index in [0.717, 1.165) is 13.1 Å². The van der Waals surface area contributed by atoms with Crippen molar-refractivity contribution in [3.63, 3.8) is 0 Å². The van der Waals surface area contributed by atoms with E-state index in [-0.39, 0.29) is 0 Å². The zero-order valence-corrected chi connectivity index (χ0v) is 8.33. The second kappa shape index (κ2) is 3.70. The molecule has 1 atom stereocenters. The topological polar surface area (TPSA) is 50.4 Å². The maximum absolute atomic E-state index is 5.54. The number of rotatable bonds is 1. The molecule has 0 aromatic heterocycles. The molecule has 14 heavy (non-hydrogen) atoms. The molecular weight excluding hydrogens is 174 g/mol. The van der Waals surface area contributed by atoms with E-state index in [1.54, 1.807) is 0 Å². The summed E-state index contributed by atoms with van der Waals surface area (Å²) < 4.78 is 0. The summed E-state index contributed by atoms with van der Waals surface area (Å²) in [6, 6.07) is 8.56. The highest BCUT2D eigenvalue weighted by Crippen LogP contribution is 2.18. The van der Waals surface area contributed by atoms with Crippen LogP contribution in [0.2, 0.25) is 0 Å². The fraction of sp³-hybridized carbons (Fsp3) is 0.364. The Morgan fingerprint density at radius 2 is 2.36 bits per heavy atom. The zero-order chi connectivity index (χ0) is 9.97. The highest BCUT2D eigenvalue weighted by atomic mass is 15.1. The molecule has 1 aliphatic heterocycles. The Morgan fingerprint density at radius 1 is 1.50 bits per heavy atom. The Balaban J connectivity index is 2.16. The van der Waals surface area contributed by atoms with E-state index in [4.69, 9.17) is 5.73 Å². The lowest BCUT2D eigenvalue weighted by molar-refractivity contribution is 0.634. The zero-order valence-electron chi connectivity index (χ0n) is 8.33. The normalized spacial score (nSPS) is 21.2. The number of nitrogens with two attached hydrogens (primary N) is 1. The monoisotopic (exact) mass is 189 g/mol. The molecule has 0 spiro atoms. The molecule has 0 bridgehead atoms. The largest absolute Gasteiger partial charge is 0.370 e. The summed E-state index contributed by atoms with van der Waals surface area (Å²) in [6.07, 6.45) is 0. The molecule has 0 fully saturated rings. The average molecular weight is 189 g/mol. The number of hydrogen-bond donors (Lipinski definition) is 2. The van der Waals surface area contributed by atoms with E-state index < -0.39 is 0 Å². The molecule has 1 heterocycles. The number of nitrogens with one attached hydrogen (secondary N) is 1. The fourth-order valence-electron chi connectivity index (χ4n) is 1.70. The van der Waals surface area contributed by atoms with Gasteiger partial charge in [-0.3, -0.25) is 4.99 Å². The Bertz CT molecular complexity index is 357. The first kappa shape index (κ1) is 9.06. The molecule has 3 heteroatoms. The molecule has 1 aliphatic rings. The molecule has 2 rings (SSSR count). The van der Waals surface area contributed by atoms with Gasteiger partial charge in [-0.05, 0) is 12.5 Å². The molecule has 1 aromatic rings. The average Bonchev–Trinajstić information content (AvgIpc) is 2.19. The van der Waals surface area contributed by atoms with Crippen LogP contribution < -0.4 is 11.1 Å². The lowest BCUT2D eigenvalue weighted by Crippen LogP contribution is -2.39. The summed E-state index contributed by atoms with van der Waals surface area (Å²) in [5.74, 6) is 1.02. The third-order valence-corrected chi connectivity index (χ3v) is 2.53. The molecule has 1 unspecified atom stereocenters. The van der Waals surface area contributed by atoms with E-state index in [1.165, 1.54) is 11.1 Å². The van der Waals surface area contributed by atoms with Crippen molar-refractivity contribution in [2.24, 2.45) is 10.7 Å². The van der Waals surface area contributed by atoms with Gasteiger partial charge in [0.15, 0.2) is 5.96 Å². The summed E-state index contributed by atoms with van der Waals surface area (Å²) in [6.45, 7) is 3.79. The molecule has 3 N–H and O–H groups in total. The fourth-order valence-corrected chi connectivity index (χ4v) is 1.70. The minimum absolute atomic E-state index is 0.460. The molecular formula is C11H15N3.